The molecule has 2 nitrogen and oxygen atoms in total. The number of rotatable bonds is 6. The Kier molecular flexibility index (Phi) is 5.53. The van der Waals surface area contributed by atoms with Crippen molar-refractivity contribution in [3.8, 4) is 5.75 Å². The lowest BCUT2D eigenvalue weighted by Gasteiger charge is -2.07. The maximum Gasteiger partial charge on any atom is 0.163 e. The van der Waals surface area contributed by atoms with Crippen molar-refractivity contribution in [3.05, 3.63) is 28.2 Å². The minimum absolute atomic E-state index is 0.145. The second kappa shape index (κ2) is 6.69. The van der Waals surface area contributed by atoms with Crippen molar-refractivity contribution < 1.29 is 9.53 Å². The highest BCUT2D eigenvalue weighted by molar-refractivity contribution is 9.10. The van der Waals surface area contributed by atoms with Crippen LogP contribution in [0.5, 0.6) is 5.75 Å². The Hall–Kier alpha value is -0.830. The Labute approximate surface area is 105 Å². The third-order valence-corrected chi connectivity index (χ3v) is 2.98. The van der Waals surface area contributed by atoms with Crippen LogP contribution in [0.2, 0.25) is 0 Å². The molecule has 0 bridgehead atoms. The summed E-state index contributed by atoms with van der Waals surface area (Å²) in [5.41, 5.74) is 0.727. The van der Waals surface area contributed by atoms with Gasteiger partial charge < -0.3 is 4.74 Å². The quantitative estimate of drug-likeness (QED) is 0.577. The van der Waals surface area contributed by atoms with E-state index < -0.39 is 0 Å². The molecule has 0 spiro atoms. The summed E-state index contributed by atoms with van der Waals surface area (Å²) in [5, 5.41) is 0. The first-order chi connectivity index (χ1) is 7.69. The average molecular weight is 285 g/mol. The Morgan fingerprint density at radius 2 is 2.12 bits per heavy atom. The highest BCUT2D eigenvalue weighted by Gasteiger charge is 2.08. The van der Waals surface area contributed by atoms with Crippen LogP contribution in [0.1, 0.15) is 43.5 Å². The number of carbonyl (C=O) groups is 1. The lowest BCUT2D eigenvalue weighted by Crippen LogP contribution is -2.00. The summed E-state index contributed by atoms with van der Waals surface area (Å²) >= 11 is 3.40. The number of ether oxygens (including phenoxy) is 1. The van der Waals surface area contributed by atoms with Crippen LogP contribution < -0.4 is 4.74 Å². The summed E-state index contributed by atoms with van der Waals surface area (Å²) in [6.45, 7) is 4.72. The standard InChI is InChI=1S/C13H17BrO2/c1-3-5-8-16-10-6-7-11(12(14)9-10)13(15)4-2/h6-7,9H,3-5,8H2,1-2H3. The van der Waals surface area contributed by atoms with Gasteiger partial charge in [-0.1, -0.05) is 20.3 Å². The Morgan fingerprint density at radius 3 is 2.69 bits per heavy atom. The molecule has 1 aromatic carbocycles. The van der Waals surface area contributed by atoms with Crippen molar-refractivity contribution in [2.24, 2.45) is 0 Å². The summed E-state index contributed by atoms with van der Waals surface area (Å²) in [7, 11) is 0. The van der Waals surface area contributed by atoms with E-state index in [0.717, 1.165) is 35.2 Å². The number of benzene rings is 1. The number of hydrogen-bond donors (Lipinski definition) is 0. The van der Waals surface area contributed by atoms with Crippen LogP contribution in [-0.2, 0) is 0 Å². The minimum Gasteiger partial charge on any atom is -0.494 e. The van der Waals surface area contributed by atoms with Crippen LogP contribution in [0.4, 0.5) is 0 Å². The maximum atomic E-state index is 11.5. The van der Waals surface area contributed by atoms with Crippen LogP contribution >= 0.6 is 15.9 Å². The first-order valence-corrected chi connectivity index (χ1v) is 6.43. The molecule has 0 saturated heterocycles. The minimum atomic E-state index is 0.145. The van der Waals surface area contributed by atoms with E-state index in [-0.39, 0.29) is 5.78 Å². The average Bonchev–Trinajstić information content (AvgIpc) is 2.29. The number of carbonyl (C=O) groups excluding carboxylic acids is 1. The predicted octanol–water partition coefficient (Wildman–Crippen LogP) is 4.22. The molecule has 0 N–H and O–H groups in total. The molecule has 0 amide bonds. The van der Waals surface area contributed by atoms with Crippen molar-refractivity contribution in [3.63, 3.8) is 0 Å². The van der Waals surface area contributed by atoms with Crippen LogP contribution in [0.3, 0.4) is 0 Å². The fourth-order valence-electron chi connectivity index (χ4n) is 1.34. The molecule has 0 heterocycles. The third-order valence-electron chi connectivity index (χ3n) is 2.33. The van der Waals surface area contributed by atoms with Gasteiger partial charge in [-0.05, 0) is 40.5 Å². The van der Waals surface area contributed by atoms with Gasteiger partial charge in [0, 0.05) is 16.5 Å². The molecule has 16 heavy (non-hydrogen) atoms. The second-order valence-electron chi connectivity index (χ2n) is 3.62. The molecule has 0 saturated carbocycles. The lowest BCUT2D eigenvalue weighted by atomic mass is 10.1. The predicted molar refractivity (Wildman–Crippen MR) is 69.2 cm³/mol. The fourth-order valence-corrected chi connectivity index (χ4v) is 1.92. The molecule has 0 aliphatic rings. The lowest BCUT2D eigenvalue weighted by molar-refractivity contribution is 0.0987. The Bertz CT molecular complexity index is 361. The van der Waals surface area contributed by atoms with Crippen LogP contribution in [0, 0.1) is 0 Å². The van der Waals surface area contributed by atoms with Gasteiger partial charge in [-0.15, -0.1) is 0 Å². The zero-order valence-corrected chi connectivity index (χ0v) is 11.3. The SMILES string of the molecule is CCCCOc1ccc(C(=O)CC)c(Br)c1. The maximum absolute atomic E-state index is 11.5. The van der Waals surface area contributed by atoms with E-state index in [0.29, 0.717) is 6.42 Å². The van der Waals surface area contributed by atoms with Crippen molar-refractivity contribution in [2.75, 3.05) is 6.61 Å². The molecule has 0 aliphatic heterocycles. The monoisotopic (exact) mass is 284 g/mol. The zero-order valence-electron chi connectivity index (χ0n) is 9.75. The summed E-state index contributed by atoms with van der Waals surface area (Å²) in [5.74, 6) is 0.958. The van der Waals surface area contributed by atoms with Gasteiger partial charge >= 0.3 is 0 Å². The van der Waals surface area contributed by atoms with E-state index in [9.17, 15) is 4.79 Å². The van der Waals surface area contributed by atoms with E-state index in [4.69, 9.17) is 4.74 Å². The van der Waals surface area contributed by atoms with E-state index in [2.05, 4.69) is 22.9 Å². The first-order valence-electron chi connectivity index (χ1n) is 5.64. The highest BCUT2D eigenvalue weighted by atomic mass is 79.9. The zero-order chi connectivity index (χ0) is 12.0. The molecule has 0 atom stereocenters. The van der Waals surface area contributed by atoms with Crippen LogP contribution in [-0.4, -0.2) is 12.4 Å². The topological polar surface area (TPSA) is 26.3 Å². The summed E-state index contributed by atoms with van der Waals surface area (Å²) in [6.07, 6.45) is 2.69. The van der Waals surface area contributed by atoms with E-state index in [1.54, 1.807) is 0 Å². The molecule has 1 aromatic rings. The van der Waals surface area contributed by atoms with Gasteiger partial charge in [-0.3, -0.25) is 4.79 Å². The van der Waals surface area contributed by atoms with Gasteiger partial charge in [0.25, 0.3) is 0 Å². The van der Waals surface area contributed by atoms with Crippen molar-refractivity contribution in [2.45, 2.75) is 33.1 Å². The number of ketones is 1. The molecule has 3 heteroatoms. The number of halogens is 1. The van der Waals surface area contributed by atoms with E-state index in [1.165, 1.54) is 0 Å². The molecule has 0 radical (unpaired) electrons. The molecule has 88 valence electrons. The number of unbranched alkanes of at least 4 members (excludes halogenated alkanes) is 1. The van der Waals surface area contributed by atoms with Crippen LogP contribution in [0.15, 0.2) is 22.7 Å². The molecule has 0 fully saturated rings. The van der Waals surface area contributed by atoms with Gasteiger partial charge in [-0.2, -0.15) is 0 Å². The smallest absolute Gasteiger partial charge is 0.163 e. The summed E-state index contributed by atoms with van der Waals surface area (Å²) in [4.78, 5) is 11.5. The Balaban J connectivity index is 2.71. The number of Topliss-reactive ketones (excluding diaryl/α,β-unsaturated/α-hetero) is 1. The van der Waals surface area contributed by atoms with E-state index in [1.807, 2.05) is 25.1 Å². The van der Waals surface area contributed by atoms with Gasteiger partial charge in [0.2, 0.25) is 0 Å². The molecule has 1 rings (SSSR count). The van der Waals surface area contributed by atoms with Crippen molar-refractivity contribution in [1.82, 2.24) is 0 Å². The third kappa shape index (κ3) is 3.63. The molecular formula is C13H17BrO2. The Morgan fingerprint density at radius 1 is 1.38 bits per heavy atom. The molecule has 0 unspecified atom stereocenters. The normalized spacial score (nSPS) is 10.2. The van der Waals surface area contributed by atoms with Crippen molar-refractivity contribution in [1.29, 1.82) is 0 Å². The van der Waals surface area contributed by atoms with Crippen molar-refractivity contribution >= 4 is 21.7 Å². The molecule has 0 aliphatic carbocycles. The molecule has 0 aromatic heterocycles. The van der Waals surface area contributed by atoms with Gasteiger partial charge in [0.1, 0.15) is 5.75 Å². The van der Waals surface area contributed by atoms with Gasteiger partial charge in [0.05, 0.1) is 6.61 Å². The first kappa shape index (κ1) is 13.2. The second-order valence-corrected chi connectivity index (χ2v) is 4.47. The van der Waals surface area contributed by atoms with E-state index >= 15 is 0 Å². The van der Waals surface area contributed by atoms with Gasteiger partial charge in [-0.25, -0.2) is 0 Å². The summed E-state index contributed by atoms with van der Waals surface area (Å²) < 4.78 is 6.37. The fraction of sp³-hybridized carbons (Fsp3) is 0.462. The van der Waals surface area contributed by atoms with Crippen LogP contribution in [0.25, 0.3) is 0 Å². The summed E-state index contributed by atoms with van der Waals surface area (Å²) in [6, 6.07) is 5.53. The molecular weight excluding hydrogens is 268 g/mol. The van der Waals surface area contributed by atoms with Gasteiger partial charge in [0.15, 0.2) is 5.78 Å². The largest absolute Gasteiger partial charge is 0.494 e. The highest BCUT2D eigenvalue weighted by Crippen LogP contribution is 2.24. The number of hydrogen-bond acceptors (Lipinski definition) is 2.